The number of aryl methyl sites for hydroxylation is 1. The van der Waals surface area contributed by atoms with Gasteiger partial charge in [0.15, 0.2) is 0 Å². The lowest BCUT2D eigenvalue weighted by Gasteiger charge is -2.39. The first kappa shape index (κ1) is 19.7. The third-order valence-corrected chi connectivity index (χ3v) is 5.92. The highest BCUT2D eigenvalue weighted by atomic mass is 19.1. The number of rotatable bonds is 4. The molecule has 29 heavy (non-hydrogen) atoms. The van der Waals surface area contributed by atoms with E-state index in [2.05, 4.69) is 45.9 Å². The molecule has 2 heterocycles. The molecule has 4 rings (SSSR count). The van der Waals surface area contributed by atoms with Gasteiger partial charge in [-0.3, -0.25) is 9.69 Å². The van der Waals surface area contributed by atoms with Crippen LogP contribution in [0.15, 0.2) is 48.5 Å². The smallest absolute Gasteiger partial charge is 0.236 e. The lowest BCUT2D eigenvalue weighted by atomic mass is 10.2. The van der Waals surface area contributed by atoms with E-state index in [1.807, 2.05) is 4.90 Å². The van der Waals surface area contributed by atoms with Gasteiger partial charge >= 0.3 is 0 Å². The van der Waals surface area contributed by atoms with Crippen molar-refractivity contribution in [3.8, 4) is 0 Å². The maximum atomic E-state index is 13.1. The number of amides is 1. The molecule has 154 valence electrons. The monoisotopic (exact) mass is 396 g/mol. The molecule has 0 unspecified atom stereocenters. The first-order valence-corrected chi connectivity index (χ1v) is 10.4. The van der Waals surface area contributed by atoms with Crippen LogP contribution in [0.4, 0.5) is 15.8 Å². The first-order chi connectivity index (χ1) is 14.1. The maximum absolute atomic E-state index is 13.1. The highest BCUT2D eigenvalue weighted by Crippen LogP contribution is 2.19. The second-order valence-electron chi connectivity index (χ2n) is 7.95. The number of hydrogen-bond donors (Lipinski definition) is 0. The number of benzene rings is 2. The quantitative estimate of drug-likeness (QED) is 0.795. The zero-order valence-corrected chi connectivity index (χ0v) is 17.1. The largest absolute Gasteiger partial charge is 0.369 e. The highest BCUT2D eigenvalue weighted by molar-refractivity contribution is 5.78. The van der Waals surface area contributed by atoms with E-state index in [1.165, 1.54) is 23.4 Å². The number of piperazine rings is 2. The molecule has 1 amide bonds. The number of nitrogens with zero attached hydrogens (tertiary/aromatic N) is 4. The van der Waals surface area contributed by atoms with Gasteiger partial charge in [-0.2, -0.15) is 0 Å². The fourth-order valence-electron chi connectivity index (χ4n) is 4.15. The number of carbonyl (C=O) groups excluding carboxylic acids is 1. The van der Waals surface area contributed by atoms with Crippen LogP contribution in [-0.2, 0) is 4.79 Å². The molecule has 5 nitrogen and oxygen atoms in total. The van der Waals surface area contributed by atoms with Gasteiger partial charge in [0.1, 0.15) is 5.82 Å². The Morgan fingerprint density at radius 1 is 0.828 bits per heavy atom. The average molecular weight is 397 g/mol. The van der Waals surface area contributed by atoms with E-state index in [4.69, 9.17) is 0 Å². The van der Waals surface area contributed by atoms with Gasteiger partial charge < -0.3 is 14.7 Å². The van der Waals surface area contributed by atoms with Crippen molar-refractivity contribution in [1.29, 1.82) is 0 Å². The Balaban J connectivity index is 1.23. The summed E-state index contributed by atoms with van der Waals surface area (Å²) < 4.78 is 13.1. The van der Waals surface area contributed by atoms with E-state index >= 15 is 0 Å². The SMILES string of the molecule is Cc1cccc(N2CCN(CC(=O)N3CCN(c4ccc(F)cc4)CC3)CC2)c1. The molecule has 2 aliphatic rings. The molecule has 0 radical (unpaired) electrons. The van der Waals surface area contributed by atoms with Gasteiger partial charge in [0.05, 0.1) is 6.54 Å². The van der Waals surface area contributed by atoms with Gasteiger partial charge in [0.25, 0.3) is 0 Å². The van der Waals surface area contributed by atoms with Gasteiger partial charge in [-0.05, 0) is 48.9 Å². The molecule has 0 bridgehead atoms. The van der Waals surface area contributed by atoms with Crippen molar-refractivity contribution in [1.82, 2.24) is 9.80 Å². The number of hydrogen-bond acceptors (Lipinski definition) is 4. The molecular weight excluding hydrogens is 367 g/mol. The van der Waals surface area contributed by atoms with Crippen molar-refractivity contribution in [2.75, 3.05) is 68.7 Å². The van der Waals surface area contributed by atoms with Crippen LogP contribution in [0.1, 0.15) is 5.56 Å². The Kier molecular flexibility index (Phi) is 6.00. The predicted molar refractivity (Wildman–Crippen MR) is 115 cm³/mol. The molecule has 0 atom stereocenters. The number of halogens is 1. The molecule has 2 saturated heterocycles. The zero-order chi connectivity index (χ0) is 20.2. The van der Waals surface area contributed by atoms with Crippen LogP contribution in [0.3, 0.4) is 0 Å². The first-order valence-electron chi connectivity index (χ1n) is 10.4. The van der Waals surface area contributed by atoms with E-state index < -0.39 is 0 Å². The summed E-state index contributed by atoms with van der Waals surface area (Å²) in [4.78, 5) is 21.6. The lowest BCUT2D eigenvalue weighted by molar-refractivity contribution is -0.132. The maximum Gasteiger partial charge on any atom is 0.236 e. The summed E-state index contributed by atoms with van der Waals surface area (Å²) in [7, 11) is 0. The summed E-state index contributed by atoms with van der Waals surface area (Å²) in [5.41, 5.74) is 3.57. The van der Waals surface area contributed by atoms with Gasteiger partial charge in [-0.15, -0.1) is 0 Å². The summed E-state index contributed by atoms with van der Waals surface area (Å²) in [6, 6.07) is 15.2. The summed E-state index contributed by atoms with van der Waals surface area (Å²) in [6.45, 7) is 9.37. The van der Waals surface area contributed by atoms with Crippen LogP contribution in [0.5, 0.6) is 0 Å². The average Bonchev–Trinajstić information content (AvgIpc) is 2.75. The highest BCUT2D eigenvalue weighted by Gasteiger charge is 2.25. The van der Waals surface area contributed by atoms with Crippen LogP contribution < -0.4 is 9.80 Å². The fraction of sp³-hybridized carbons (Fsp3) is 0.435. The summed E-state index contributed by atoms with van der Waals surface area (Å²) in [6.07, 6.45) is 0. The van der Waals surface area contributed by atoms with Crippen molar-refractivity contribution in [2.24, 2.45) is 0 Å². The van der Waals surface area contributed by atoms with Crippen molar-refractivity contribution < 1.29 is 9.18 Å². The van der Waals surface area contributed by atoms with E-state index in [1.54, 1.807) is 12.1 Å². The van der Waals surface area contributed by atoms with Crippen LogP contribution in [0, 0.1) is 12.7 Å². The standard InChI is InChI=1S/C23H29FN4O/c1-19-3-2-4-22(17-19)27-11-9-25(10-12-27)18-23(29)28-15-13-26(14-16-28)21-7-5-20(24)6-8-21/h2-8,17H,9-16,18H2,1H3. The molecule has 0 N–H and O–H groups in total. The Hall–Kier alpha value is -2.60. The number of anilines is 2. The third kappa shape index (κ3) is 4.88. The summed E-state index contributed by atoms with van der Waals surface area (Å²) in [5.74, 6) is -0.00202. The Bertz CT molecular complexity index is 825. The second kappa shape index (κ2) is 8.82. The van der Waals surface area contributed by atoms with Gasteiger partial charge in [0, 0.05) is 63.7 Å². The predicted octanol–water partition coefficient (Wildman–Crippen LogP) is 2.60. The van der Waals surface area contributed by atoms with Crippen molar-refractivity contribution in [3.63, 3.8) is 0 Å². The molecule has 0 saturated carbocycles. The van der Waals surface area contributed by atoms with Crippen molar-refractivity contribution in [2.45, 2.75) is 6.92 Å². The molecular formula is C23H29FN4O. The van der Waals surface area contributed by atoms with Gasteiger partial charge in [-0.1, -0.05) is 12.1 Å². The van der Waals surface area contributed by atoms with E-state index in [0.717, 1.165) is 58.0 Å². The normalized spacial score (nSPS) is 18.2. The molecule has 2 fully saturated rings. The second-order valence-corrected chi connectivity index (χ2v) is 7.95. The van der Waals surface area contributed by atoms with Crippen LogP contribution >= 0.6 is 0 Å². The molecule has 2 aliphatic heterocycles. The Morgan fingerprint density at radius 3 is 2.10 bits per heavy atom. The summed E-state index contributed by atoms with van der Waals surface area (Å²) in [5, 5.41) is 0. The van der Waals surface area contributed by atoms with Gasteiger partial charge in [0.2, 0.25) is 5.91 Å². The minimum atomic E-state index is -0.218. The van der Waals surface area contributed by atoms with E-state index in [-0.39, 0.29) is 11.7 Å². The minimum absolute atomic E-state index is 0.216. The van der Waals surface area contributed by atoms with Crippen molar-refractivity contribution >= 4 is 17.3 Å². The van der Waals surface area contributed by atoms with E-state index in [0.29, 0.717) is 6.54 Å². The van der Waals surface area contributed by atoms with E-state index in [9.17, 15) is 9.18 Å². The molecule has 6 heteroatoms. The number of carbonyl (C=O) groups is 1. The molecule has 2 aromatic rings. The molecule has 0 aromatic heterocycles. The Morgan fingerprint density at radius 2 is 1.45 bits per heavy atom. The Labute approximate surface area is 172 Å². The molecule has 0 aliphatic carbocycles. The summed E-state index contributed by atoms with van der Waals surface area (Å²) >= 11 is 0. The topological polar surface area (TPSA) is 30.0 Å². The van der Waals surface area contributed by atoms with Crippen molar-refractivity contribution in [3.05, 3.63) is 59.9 Å². The minimum Gasteiger partial charge on any atom is -0.369 e. The van der Waals surface area contributed by atoms with Gasteiger partial charge in [-0.25, -0.2) is 4.39 Å². The van der Waals surface area contributed by atoms with Crippen LogP contribution in [0.2, 0.25) is 0 Å². The third-order valence-electron chi connectivity index (χ3n) is 5.92. The van der Waals surface area contributed by atoms with Crippen LogP contribution in [0.25, 0.3) is 0 Å². The lowest BCUT2D eigenvalue weighted by Crippen LogP contribution is -2.54. The van der Waals surface area contributed by atoms with Crippen LogP contribution in [-0.4, -0.2) is 74.6 Å². The zero-order valence-electron chi connectivity index (χ0n) is 17.1. The fourth-order valence-corrected chi connectivity index (χ4v) is 4.15. The molecule has 2 aromatic carbocycles. The molecule has 0 spiro atoms.